The number of hydrogen-bond donors (Lipinski definition) is 2. The summed E-state index contributed by atoms with van der Waals surface area (Å²) in [5, 5.41) is 3.72. The normalized spacial score (nSPS) is 11.6. The number of nitrogen functional groups attached to an aromatic ring is 1. The highest BCUT2D eigenvalue weighted by atomic mass is 32.1. The molecule has 0 unspecified atom stereocenters. The largest absolute Gasteiger partial charge is 0.411 e. The first-order valence-corrected chi connectivity index (χ1v) is 6.93. The Morgan fingerprint density at radius 2 is 1.95 bits per heavy atom. The molecule has 0 atom stereocenters. The highest BCUT2D eigenvalue weighted by Gasteiger charge is 2.27. The van der Waals surface area contributed by atoms with Crippen LogP contribution in [-0.2, 0) is 4.74 Å². The molecular formula is C13H14F3N3OS. The molecule has 114 valence electrons. The first-order chi connectivity index (χ1) is 9.97. The third-order valence-electron chi connectivity index (χ3n) is 2.58. The summed E-state index contributed by atoms with van der Waals surface area (Å²) in [5.74, 6) is 0.393. The molecule has 1 aromatic carbocycles. The van der Waals surface area contributed by atoms with E-state index >= 15 is 0 Å². The molecule has 1 aromatic heterocycles. The number of alkyl halides is 3. The molecule has 0 radical (unpaired) electrons. The van der Waals surface area contributed by atoms with Gasteiger partial charge in [-0.25, -0.2) is 0 Å². The van der Waals surface area contributed by atoms with Crippen LogP contribution in [0.5, 0.6) is 0 Å². The number of nitrogens with two attached hydrogens (primary N) is 1. The Morgan fingerprint density at radius 1 is 1.24 bits per heavy atom. The molecule has 3 N–H and O–H groups in total. The van der Waals surface area contributed by atoms with Gasteiger partial charge in [-0.3, -0.25) is 0 Å². The van der Waals surface area contributed by atoms with Crippen molar-refractivity contribution in [1.82, 2.24) is 4.37 Å². The van der Waals surface area contributed by atoms with Crippen molar-refractivity contribution in [3.63, 3.8) is 0 Å². The maximum absolute atomic E-state index is 11.9. The molecule has 0 fully saturated rings. The number of nitrogens with zero attached hydrogens (tertiary/aromatic N) is 1. The average Bonchev–Trinajstić information content (AvgIpc) is 2.79. The van der Waals surface area contributed by atoms with Crippen LogP contribution in [0.15, 0.2) is 30.3 Å². The summed E-state index contributed by atoms with van der Waals surface area (Å²) in [7, 11) is 0. The van der Waals surface area contributed by atoms with Crippen LogP contribution in [0.2, 0.25) is 0 Å². The van der Waals surface area contributed by atoms with Crippen LogP contribution in [0, 0.1) is 0 Å². The van der Waals surface area contributed by atoms with Gasteiger partial charge in [-0.2, -0.15) is 17.5 Å². The fourth-order valence-corrected chi connectivity index (χ4v) is 2.49. The van der Waals surface area contributed by atoms with Gasteiger partial charge in [0.2, 0.25) is 0 Å². The van der Waals surface area contributed by atoms with Gasteiger partial charge in [0.05, 0.1) is 12.2 Å². The molecule has 0 aliphatic rings. The molecule has 0 saturated heterocycles. The topological polar surface area (TPSA) is 60.2 Å². The van der Waals surface area contributed by atoms with E-state index in [0.717, 1.165) is 11.1 Å². The summed E-state index contributed by atoms with van der Waals surface area (Å²) >= 11 is 1.17. The van der Waals surface area contributed by atoms with Crippen LogP contribution in [0.1, 0.15) is 0 Å². The summed E-state index contributed by atoms with van der Waals surface area (Å²) in [4.78, 5) is 0. The lowest BCUT2D eigenvalue weighted by atomic mass is 10.1. The molecule has 2 aromatic rings. The van der Waals surface area contributed by atoms with Gasteiger partial charge in [0, 0.05) is 6.54 Å². The summed E-state index contributed by atoms with van der Waals surface area (Å²) in [5.41, 5.74) is 7.51. The number of aromatic nitrogens is 1. The van der Waals surface area contributed by atoms with E-state index in [1.54, 1.807) is 0 Å². The SMILES string of the molecule is Nc1nsc(NCCOCC(F)(F)F)c1-c1ccccc1. The lowest BCUT2D eigenvalue weighted by Gasteiger charge is -2.09. The standard InChI is InChI=1S/C13H14F3N3OS/c14-13(15,16)8-20-7-6-18-12-10(11(17)19-21-12)9-4-2-1-3-5-9/h1-5,18H,6-8H2,(H2,17,19). The Bertz CT molecular complexity index is 572. The second kappa shape index (κ2) is 6.77. The Hall–Kier alpha value is -1.80. The number of anilines is 2. The highest BCUT2D eigenvalue weighted by molar-refractivity contribution is 7.11. The van der Waals surface area contributed by atoms with E-state index in [-0.39, 0.29) is 13.2 Å². The first kappa shape index (κ1) is 15.6. The minimum atomic E-state index is -4.30. The fraction of sp³-hybridized carbons (Fsp3) is 0.308. The van der Waals surface area contributed by atoms with Crippen molar-refractivity contribution in [2.24, 2.45) is 0 Å². The molecule has 0 bridgehead atoms. The third-order valence-corrected chi connectivity index (χ3v) is 3.40. The van der Waals surface area contributed by atoms with Crippen molar-refractivity contribution < 1.29 is 17.9 Å². The molecule has 0 saturated carbocycles. The van der Waals surface area contributed by atoms with Crippen molar-refractivity contribution in [3.05, 3.63) is 30.3 Å². The van der Waals surface area contributed by atoms with Crippen LogP contribution in [0.25, 0.3) is 11.1 Å². The number of halogens is 3. The number of ether oxygens (including phenoxy) is 1. The molecular weight excluding hydrogens is 303 g/mol. The zero-order valence-corrected chi connectivity index (χ0v) is 11.8. The van der Waals surface area contributed by atoms with Gasteiger partial charge in [-0.05, 0) is 17.1 Å². The van der Waals surface area contributed by atoms with Crippen LogP contribution < -0.4 is 11.1 Å². The van der Waals surface area contributed by atoms with Crippen LogP contribution in [0.3, 0.4) is 0 Å². The van der Waals surface area contributed by atoms with Gasteiger partial charge < -0.3 is 15.8 Å². The molecule has 2 rings (SSSR count). The molecule has 4 nitrogen and oxygen atoms in total. The Labute approximate surface area is 123 Å². The van der Waals surface area contributed by atoms with E-state index in [9.17, 15) is 13.2 Å². The number of benzene rings is 1. The quantitative estimate of drug-likeness (QED) is 0.802. The molecule has 1 heterocycles. The van der Waals surface area contributed by atoms with Crippen molar-refractivity contribution >= 4 is 22.4 Å². The number of nitrogens with one attached hydrogen (secondary N) is 1. The zero-order chi connectivity index (χ0) is 15.3. The third kappa shape index (κ3) is 4.61. The molecule has 0 spiro atoms. The van der Waals surface area contributed by atoms with Gasteiger partial charge in [0.15, 0.2) is 0 Å². The van der Waals surface area contributed by atoms with Crippen molar-refractivity contribution in [2.45, 2.75) is 6.18 Å². The molecule has 0 amide bonds. The van der Waals surface area contributed by atoms with Crippen LogP contribution in [0.4, 0.5) is 24.0 Å². The van der Waals surface area contributed by atoms with E-state index in [4.69, 9.17) is 5.73 Å². The predicted octanol–water partition coefficient (Wildman–Crippen LogP) is 3.38. The summed E-state index contributed by atoms with van der Waals surface area (Å²) in [6.07, 6.45) is -4.30. The maximum Gasteiger partial charge on any atom is 0.411 e. The lowest BCUT2D eigenvalue weighted by Crippen LogP contribution is -2.20. The lowest BCUT2D eigenvalue weighted by molar-refractivity contribution is -0.172. The van der Waals surface area contributed by atoms with Gasteiger partial charge in [-0.15, -0.1) is 0 Å². The van der Waals surface area contributed by atoms with Gasteiger partial charge in [0.1, 0.15) is 17.4 Å². The second-order valence-corrected chi connectivity index (χ2v) is 5.01. The Balaban J connectivity index is 1.93. The van der Waals surface area contributed by atoms with Crippen molar-refractivity contribution in [1.29, 1.82) is 0 Å². The van der Waals surface area contributed by atoms with Crippen LogP contribution >= 0.6 is 11.5 Å². The van der Waals surface area contributed by atoms with Crippen molar-refractivity contribution in [3.8, 4) is 11.1 Å². The average molecular weight is 317 g/mol. The van der Waals surface area contributed by atoms with Gasteiger partial charge in [-0.1, -0.05) is 30.3 Å². The number of hydrogen-bond acceptors (Lipinski definition) is 5. The molecule has 8 heteroatoms. The Morgan fingerprint density at radius 3 is 2.62 bits per heavy atom. The maximum atomic E-state index is 11.9. The van der Waals surface area contributed by atoms with Gasteiger partial charge >= 0.3 is 6.18 Å². The predicted molar refractivity (Wildman–Crippen MR) is 77.3 cm³/mol. The summed E-state index contributed by atoms with van der Waals surface area (Å²) in [6.45, 7) is -1.05. The number of rotatable bonds is 6. The minimum Gasteiger partial charge on any atom is -0.382 e. The highest BCUT2D eigenvalue weighted by Crippen LogP contribution is 2.36. The zero-order valence-electron chi connectivity index (χ0n) is 11.0. The molecule has 0 aliphatic carbocycles. The summed E-state index contributed by atoms with van der Waals surface area (Å²) in [6, 6.07) is 9.43. The van der Waals surface area contributed by atoms with E-state index in [0.29, 0.717) is 10.8 Å². The van der Waals surface area contributed by atoms with E-state index < -0.39 is 12.8 Å². The first-order valence-electron chi connectivity index (χ1n) is 6.16. The molecule has 0 aliphatic heterocycles. The molecule has 21 heavy (non-hydrogen) atoms. The van der Waals surface area contributed by atoms with Crippen molar-refractivity contribution in [2.75, 3.05) is 30.8 Å². The van der Waals surface area contributed by atoms with E-state index in [2.05, 4.69) is 14.4 Å². The van der Waals surface area contributed by atoms with E-state index in [1.807, 2.05) is 30.3 Å². The second-order valence-electron chi connectivity index (χ2n) is 4.23. The monoisotopic (exact) mass is 317 g/mol. The van der Waals surface area contributed by atoms with E-state index in [1.165, 1.54) is 11.5 Å². The van der Waals surface area contributed by atoms with Crippen LogP contribution in [-0.4, -0.2) is 30.3 Å². The fourth-order valence-electron chi connectivity index (χ4n) is 1.73. The summed E-state index contributed by atoms with van der Waals surface area (Å²) < 4.78 is 44.4. The smallest absolute Gasteiger partial charge is 0.382 e. The minimum absolute atomic E-state index is 0.0501. The Kier molecular flexibility index (Phi) is 5.03. The van der Waals surface area contributed by atoms with Gasteiger partial charge in [0.25, 0.3) is 0 Å².